The molecule has 3 rings (SSSR count). The zero-order chi connectivity index (χ0) is 19.4. The fourth-order valence-electron chi connectivity index (χ4n) is 2.68. The van der Waals surface area contributed by atoms with Crippen molar-refractivity contribution in [1.82, 2.24) is 4.98 Å². The monoisotopic (exact) mass is 379 g/mol. The summed E-state index contributed by atoms with van der Waals surface area (Å²) in [6, 6.07) is 15.3. The van der Waals surface area contributed by atoms with E-state index in [1.54, 1.807) is 24.3 Å². The number of thioether (sulfide) groups is 1. The molecule has 0 unspecified atom stereocenters. The van der Waals surface area contributed by atoms with Crippen LogP contribution in [0.4, 0.5) is 11.4 Å². The average Bonchev–Trinajstić information content (AvgIpc) is 2.61. The topological polar surface area (TPSA) is 71.1 Å². The van der Waals surface area contributed by atoms with Gasteiger partial charge in [0.25, 0.3) is 0 Å². The van der Waals surface area contributed by atoms with Gasteiger partial charge in [0.05, 0.1) is 11.3 Å². The second-order valence-corrected chi connectivity index (χ2v) is 7.37. The van der Waals surface area contributed by atoms with E-state index in [1.807, 2.05) is 13.8 Å². The van der Waals surface area contributed by atoms with Crippen molar-refractivity contribution in [3.63, 3.8) is 0 Å². The predicted octanol–water partition coefficient (Wildman–Crippen LogP) is 4.54. The average molecular weight is 379 g/mol. The maximum atomic E-state index is 12.2. The van der Waals surface area contributed by atoms with Gasteiger partial charge in [0.1, 0.15) is 5.03 Å². The lowest BCUT2D eigenvalue weighted by atomic mass is 10.1. The standard InChI is InChI=1S/C21H21N3O2S/c1-13-4-5-16-11-14(2)21(24-19(16)10-13)27-12-20(26)23-18-8-6-17(7-9-18)22-15(3)25/h4-11H,12H2,1-3H3,(H,22,25)(H,23,26). The van der Waals surface area contributed by atoms with Gasteiger partial charge in [-0.1, -0.05) is 23.9 Å². The van der Waals surface area contributed by atoms with Gasteiger partial charge < -0.3 is 10.6 Å². The Morgan fingerprint density at radius 1 is 0.963 bits per heavy atom. The van der Waals surface area contributed by atoms with E-state index in [9.17, 15) is 9.59 Å². The predicted molar refractivity (Wildman–Crippen MR) is 111 cm³/mol. The third kappa shape index (κ3) is 5.08. The van der Waals surface area contributed by atoms with Crippen molar-refractivity contribution in [2.45, 2.75) is 25.8 Å². The number of benzene rings is 2. The van der Waals surface area contributed by atoms with Gasteiger partial charge in [0.15, 0.2) is 0 Å². The third-order valence-electron chi connectivity index (χ3n) is 3.95. The molecule has 0 spiro atoms. The first-order chi connectivity index (χ1) is 12.9. The molecule has 0 atom stereocenters. The summed E-state index contributed by atoms with van der Waals surface area (Å²) in [5.41, 5.74) is 4.55. The SMILES string of the molecule is CC(=O)Nc1ccc(NC(=O)CSc2nc3cc(C)ccc3cc2C)cc1. The molecule has 138 valence electrons. The van der Waals surface area contributed by atoms with Crippen molar-refractivity contribution in [2.24, 2.45) is 0 Å². The Bertz CT molecular complexity index is 1000. The van der Waals surface area contributed by atoms with Crippen LogP contribution in [0.15, 0.2) is 53.6 Å². The van der Waals surface area contributed by atoms with Gasteiger partial charge in [-0.25, -0.2) is 4.98 Å². The largest absolute Gasteiger partial charge is 0.326 e. The van der Waals surface area contributed by atoms with Crippen LogP contribution in [0.3, 0.4) is 0 Å². The van der Waals surface area contributed by atoms with E-state index in [0.29, 0.717) is 11.4 Å². The van der Waals surface area contributed by atoms with Crippen molar-refractivity contribution in [3.05, 3.63) is 59.7 Å². The summed E-state index contributed by atoms with van der Waals surface area (Å²) in [5.74, 6) is 0.0490. The zero-order valence-corrected chi connectivity index (χ0v) is 16.3. The Kier molecular flexibility index (Phi) is 5.76. The van der Waals surface area contributed by atoms with Crippen LogP contribution in [0.1, 0.15) is 18.1 Å². The normalized spacial score (nSPS) is 10.6. The van der Waals surface area contributed by atoms with Crippen LogP contribution in [-0.2, 0) is 9.59 Å². The van der Waals surface area contributed by atoms with Gasteiger partial charge in [-0.15, -0.1) is 0 Å². The van der Waals surface area contributed by atoms with Crippen molar-refractivity contribution < 1.29 is 9.59 Å². The van der Waals surface area contributed by atoms with E-state index in [0.717, 1.165) is 27.1 Å². The summed E-state index contributed by atoms with van der Waals surface area (Å²) < 4.78 is 0. The smallest absolute Gasteiger partial charge is 0.234 e. The number of hydrogen-bond donors (Lipinski definition) is 2. The van der Waals surface area contributed by atoms with E-state index in [4.69, 9.17) is 4.98 Å². The first-order valence-electron chi connectivity index (χ1n) is 8.59. The molecule has 0 saturated heterocycles. The van der Waals surface area contributed by atoms with E-state index in [2.05, 4.69) is 34.9 Å². The lowest BCUT2D eigenvalue weighted by Gasteiger charge is -2.09. The lowest BCUT2D eigenvalue weighted by Crippen LogP contribution is -2.14. The molecule has 0 aliphatic carbocycles. The number of anilines is 2. The fourth-order valence-corrected chi connectivity index (χ4v) is 3.47. The van der Waals surface area contributed by atoms with E-state index < -0.39 is 0 Å². The third-order valence-corrected chi connectivity index (χ3v) is 5.04. The van der Waals surface area contributed by atoms with Gasteiger partial charge in [-0.3, -0.25) is 9.59 Å². The van der Waals surface area contributed by atoms with Crippen LogP contribution in [0.5, 0.6) is 0 Å². The van der Waals surface area contributed by atoms with Crippen molar-refractivity contribution in [1.29, 1.82) is 0 Å². The minimum absolute atomic E-state index is 0.0992. The number of aromatic nitrogens is 1. The second kappa shape index (κ2) is 8.22. The number of carbonyl (C=O) groups is 2. The number of nitrogens with one attached hydrogen (secondary N) is 2. The highest BCUT2D eigenvalue weighted by molar-refractivity contribution is 8.00. The molecule has 0 aliphatic heterocycles. The summed E-state index contributed by atoms with van der Waals surface area (Å²) in [4.78, 5) is 28.0. The van der Waals surface area contributed by atoms with Crippen molar-refractivity contribution in [2.75, 3.05) is 16.4 Å². The van der Waals surface area contributed by atoms with Gasteiger partial charge in [0.2, 0.25) is 11.8 Å². The molecule has 2 aromatic carbocycles. The number of fused-ring (bicyclic) bond motifs is 1. The molecule has 1 aromatic heterocycles. The molecule has 5 nitrogen and oxygen atoms in total. The quantitative estimate of drug-likeness (QED) is 0.639. The molecule has 0 aliphatic rings. The maximum Gasteiger partial charge on any atom is 0.234 e. The number of hydrogen-bond acceptors (Lipinski definition) is 4. The van der Waals surface area contributed by atoms with Gasteiger partial charge in [-0.2, -0.15) is 0 Å². The number of pyridine rings is 1. The Balaban J connectivity index is 1.62. The second-order valence-electron chi connectivity index (χ2n) is 6.40. The highest BCUT2D eigenvalue weighted by Gasteiger charge is 2.09. The van der Waals surface area contributed by atoms with Gasteiger partial charge >= 0.3 is 0 Å². The summed E-state index contributed by atoms with van der Waals surface area (Å²) in [6.45, 7) is 5.50. The summed E-state index contributed by atoms with van der Waals surface area (Å²) in [5, 5.41) is 7.52. The zero-order valence-electron chi connectivity index (χ0n) is 15.5. The highest BCUT2D eigenvalue weighted by atomic mass is 32.2. The van der Waals surface area contributed by atoms with E-state index in [1.165, 1.54) is 18.7 Å². The minimum Gasteiger partial charge on any atom is -0.326 e. The minimum atomic E-state index is -0.128. The Morgan fingerprint density at radius 2 is 1.63 bits per heavy atom. The molecule has 1 heterocycles. The van der Waals surface area contributed by atoms with E-state index in [-0.39, 0.29) is 17.6 Å². The number of rotatable bonds is 5. The van der Waals surface area contributed by atoms with Crippen LogP contribution in [-0.4, -0.2) is 22.6 Å². The molecule has 6 heteroatoms. The first kappa shape index (κ1) is 18.9. The van der Waals surface area contributed by atoms with Crippen LogP contribution < -0.4 is 10.6 Å². The molecule has 0 fully saturated rings. The van der Waals surface area contributed by atoms with Crippen LogP contribution in [0.2, 0.25) is 0 Å². The number of aryl methyl sites for hydroxylation is 2. The molecule has 0 radical (unpaired) electrons. The van der Waals surface area contributed by atoms with Gasteiger partial charge in [0, 0.05) is 23.7 Å². The highest BCUT2D eigenvalue weighted by Crippen LogP contribution is 2.25. The summed E-state index contributed by atoms with van der Waals surface area (Å²) in [7, 11) is 0. The van der Waals surface area contributed by atoms with E-state index >= 15 is 0 Å². The molecule has 0 saturated carbocycles. The maximum absolute atomic E-state index is 12.2. The molecular formula is C21H21N3O2S. The van der Waals surface area contributed by atoms with Crippen LogP contribution in [0, 0.1) is 13.8 Å². The van der Waals surface area contributed by atoms with Crippen molar-refractivity contribution >= 4 is 45.9 Å². The molecule has 0 bridgehead atoms. The number of nitrogens with zero attached hydrogens (tertiary/aromatic N) is 1. The first-order valence-corrected chi connectivity index (χ1v) is 9.57. The summed E-state index contributed by atoms with van der Waals surface area (Å²) >= 11 is 1.43. The molecule has 2 N–H and O–H groups in total. The van der Waals surface area contributed by atoms with Crippen molar-refractivity contribution in [3.8, 4) is 0 Å². The lowest BCUT2D eigenvalue weighted by molar-refractivity contribution is -0.114. The molecule has 3 aromatic rings. The fraction of sp³-hybridized carbons (Fsp3) is 0.190. The molecule has 27 heavy (non-hydrogen) atoms. The molecule has 2 amide bonds. The summed E-state index contributed by atoms with van der Waals surface area (Å²) in [6.07, 6.45) is 0. The van der Waals surface area contributed by atoms with Crippen LogP contribution >= 0.6 is 11.8 Å². The number of carbonyl (C=O) groups excluding carboxylic acids is 2. The Labute approximate surface area is 162 Å². The Morgan fingerprint density at radius 3 is 2.30 bits per heavy atom. The Hall–Kier alpha value is -2.86. The number of amides is 2. The molecular weight excluding hydrogens is 358 g/mol. The van der Waals surface area contributed by atoms with Gasteiger partial charge in [-0.05, 0) is 61.4 Å². The van der Waals surface area contributed by atoms with Crippen LogP contribution in [0.25, 0.3) is 10.9 Å².